The lowest BCUT2D eigenvalue weighted by atomic mass is 10.1. The van der Waals surface area contributed by atoms with Crippen molar-refractivity contribution in [1.82, 2.24) is 15.1 Å². The van der Waals surface area contributed by atoms with Gasteiger partial charge >= 0.3 is 17.8 Å². The van der Waals surface area contributed by atoms with Crippen molar-refractivity contribution >= 4 is 35.3 Å². The molecule has 36 heavy (non-hydrogen) atoms. The standard InChI is InChI=1S/C27H24N4O5/c1-18(20-12-6-3-7-13-20)28-24(33)21-14-8-9-15-22(21)29-23(32)17-31-26(35)25(34)30(27(31)36)16-19-10-4-2-5-11-19/h2-15,18H,16-17H2,1H3,(H,28,33)(H,29,32)/t18-/m0/s1. The Morgan fingerprint density at radius 2 is 1.36 bits per heavy atom. The van der Waals surface area contributed by atoms with Crippen LogP contribution >= 0.6 is 0 Å². The smallest absolute Gasteiger partial charge is 0.335 e. The van der Waals surface area contributed by atoms with Crippen molar-refractivity contribution in [2.24, 2.45) is 0 Å². The molecule has 0 aliphatic carbocycles. The van der Waals surface area contributed by atoms with Crippen LogP contribution in [0.5, 0.6) is 0 Å². The van der Waals surface area contributed by atoms with Crippen molar-refractivity contribution in [3.8, 4) is 0 Å². The van der Waals surface area contributed by atoms with Gasteiger partial charge in [-0.1, -0.05) is 72.8 Å². The second-order valence-electron chi connectivity index (χ2n) is 8.25. The van der Waals surface area contributed by atoms with Crippen molar-refractivity contribution in [2.45, 2.75) is 19.5 Å². The number of rotatable bonds is 8. The molecule has 9 heteroatoms. The molecular weight excluding hydrogens is 460 g/mol. The van der Waals surface area contributed by atoms with Gasteiger partial charge in [0.25, 0.3) is 5.91 Å². The number of carbonyl (C=O) groups excluding carboxylic acids is 5. The summed E-state index contributed by atoms with van der Waals surface area (Å²) in [6.45, 7) is 1.10. The summed E-state index contributed by atoms with van der Waals surface area (Å²) in [7, 11) is 0. The Morgan fingerprint density at radius 3 is 2.06 bits per heavy atom. The minimum absolute atomic E-state index is 0.0784. The fourth-order valence-electron chi connectivity index (χ4n) is 3.82. The predicted octanol–water partition coefficient (Wildman–Crippen LogP) is 3.11. The summed E-state index contributed by atoms with van der Waals surface area (Å²) in [5, 5.41) is 5.46. The van der Waals surface area contributed by atoms with Crippen LogP contribution < -0.4 is 10.6 Å². The van der Waals surface area contributed by atoms with E-state index in [4.69, 9.17) is 0 Å². The van der Waals surface area contributed by atoms with Crippen molar-refractivity contribution in [2.75, 3.05) is 11.9 Å². The summed E-state index contributed by atoms with van der Waals surface area (Å²) in [6.07, 6.45) is 0. The molecule has 1 fully saturated rings. The van der Waals surface area contributed by atoms with E-state index in [-0.39, 0.29) is 23.8 Å². The number of para-hydroxylation sites is 1. The molecule has 0 radical (unpaired) electrons. The van der Waals surface area contributed by atoms with Crippen LogP contribution in [0.3, 0.4) is 0 Å². The van der Waals surface area contributed by atoms with Gasteiger partial charge in [-0.2, -0.15) is 0 Å². The minimum atomic E-state index is -1.08. The summed E-state index contributed by atoms with van der Waals surface area (Å²) in [4.78, 5) is 64.5. The molecule has 182 valence electrons. The van der Waals surface area contributed by atoms with Gasteiger partial charge in [0.15, 0.2) is 0 Å². The average molecular weight is 485 g/mol. The molecule has 1 atom stereocenters. The van der Waals surface area contributed by atoms with E-state index < -0.39 is 36.2 Å². The second kappa shape index (κ2) is 10.6. The molecule has 0 aromatic heterocycles. The van der Waals surface area contributed by atoms with Gasteiger partial charge in [-0.05, 0) is 30.2 Å². The van der Waals surface area contributed by atoms with E-state index in [0.29, 0.717) is 10.5 Å². The molecule has 3 aromatic carbocycles. The fraction of sp³-hybridized carbons (Fsp3) is 0.148. The highest BCUT2D eigenvalue weighted by Gasteiger charge is 2.45. The lowest BCUT2D eigenvalue weighted by Gasteiger charge is -2.18. The third-order valence-corrected chi connectivity index (χ3v) is 5.71. The number of amides is 6. The van der Waals surface area contributed by atoms with Gasteiger partial charge in [-0.15, -0.1) is 0 Å². The molecule has 1 aliphatic heterocycles. The molecule has 1 saturated heterocycles. The number of anilines is 1. The molecular formula is C27H24N4O5. The van der Waals surface area contributed by atoms with Crippen LogP contribution in [0.1, 0.15) is 34.5 Å². The van der Waals surface area contributed by atoms with Crippen molar-refractivity contribution in [3.05, 3.63) is 102 Å². The average Bonchev–Trinajstić information content (AvgIpc) is 3.08. The number of hydrogen-bond donors (Lipinski definition) is 2. The van der Waals surface area contributed by atoms with Crippen LogP contribution in [-0.2, 0) is 20.9 Å². The maximum absolute atomic E-state index is 12.9. The molecule has 0 bridgehead atoms. The zero-order valence-corrected chi connectivity index (χ0v) is 19.5. The third kappa shape index (κ3) is 5.30. The Balaban J connectivity index is 1.42. The largest absolute Gasteiger partial charge is 0.345 e. The molecule has 0 saturated carbocycles. The molecule has 0 unspecified atom stereocenters. The van der Waals surface area contributed by atoms with E-state index in [1.165, 1.54) is 0 Å². The topological polar surface area (TPSA) is 116 Å². The van der Waals surface area contributed by atoms with Gasteiger partial charge in [0, 0.05) is 0 Å². The minimum Gasteiger partial charge on any atom is -0.345 e. The monoisotopic (exact) mass is 484 g/mol. The van der Waals surface area contributed by atoms with Gasteiger partial charge in [-0.3, -0.25) is 24.1 Å². The van der Waals surface area contributed by atoms with Crippen LogP contribution in [0, 0.1) is 0 Å². The number of carbonyl (C=O) groups is 5. The summed E-state index contributed by atoms with van der Waals surface area (Å²) in [6, 6.07) is 23.4. The van der Waals surface area contributed by atoms with Crippen LogP contribution in [0.25, 0.3) is 0 Å². The molecule has 6 amide bonds. The second-order valence-corrected chi connectivity index (χ2v) is 8.25. The number of benzene rings is 3. The summed E-state index contributed by atoms with van der Waals surface area (Å²) in [5.74, 6) is -3.19. The summed E-state index contributed by atoms with van der Waals surface area (Å²) in [5.41, 5.74) is 2.02. The normalized spacial score (nSPS) is 14.1. The lowest BCUT2D eigenvalue weighted by Crippen LogP contribution is -2.39. The summed E-state index contributed by atoms with van der Waals surface area (Å²) >= 11 is 0. The first-order valence-corrected chi connectivity index (χ1v) is 11.3. The van der Waals surface area contributed by atoms with Gasteiger partial charge in [0.05, 0.1) is 23.8 Å². The number of nitrogens with zero attached hydrogens (tertiary/aromatic N) is 2. The zero-order valence-electron chi connectivity index (χ0n) is 19.5. The maximum Gasteiger partial charge on any atom is 0.335 e. The molecule has 3 aromatic rings. The Kier molecular flexibility index (Phi) is 7.20. The SMILES string of the molecule is C[C@H](NC(=O)c1ccccc1NC(=O)CN1C(=O)C(=O)N(Cc2ccccc2)C1=O)c1ccccc1. The van der Waals surface area contributed by atoms with E-state index >= 15 is 0 Å². The Hall–Kier alpha value is -4.79. The fourth-order valence-corrected chi connectivity index (χ4v) is 3.82. The number of hydrogen-bond acceptors (Lipinski definition) is 5. The molecule has 1 aliphatic rings. The first-order valence-electron chi connectivity index (χ1n) is 11.3. The summed E-state index contributed by atoms with van der Waals surface area (Å²) < 4.78 is 0. The van der Waals surface area contributed by atoms with Gasteiger partial charge < -0.3 is 10.6 Å². The first-order chi connectivity index (χ1) is 17.3. The molecule has 2 N–H and O–H groups in total. The number of nitrogens with one attached hydrogen (secondary N) is 2. The number of imide groups is 2. The highest BCUT2D eigenvalue weighted by Crippen LogP contribution is 2.19. The predicted molar refractivity (Wildman–Crippen MR) is 131 cm³/mol. The van der Waals surface area contributed by atoms with Crippen LogP contribution in [-0.4, -0.2) is 46.0 Å². The molecule has 4 rings (SSSR count). The third-order valence-electron chi connectivity index (χ3n) is 5.71. The van der Waals surface area contributed by atoms with Crippen molar-refractivity contribution in [3.63, 3.8) is 0 Å². The first kappa shape index (κ1) is 24.3. The lowest BCUT2D eigenvalue weighted by molar-refractivity contribution is -0.143. The molecule has 0 spiro atoms. The zero-order chi connectivity index (χ0) is 25.7. The van der Waals surface area contributed by atoms with Crippen LogP contribution in [0.4, 0.5) is 10.5 Å². The maximum atomic E-state index is 12.9. The highest BCUT2D eigenvalue weighted by molar-refractivity contribution is 6.45. The Labute approximate surface area is 207 Å². The molecule has 9 nitrogen and oxygen atoms in total. The molecule has 1 heterocycles. The van der Waals surface area contributed by atoms with Crippen molar-refractivity contribution in [1.29, 1.82) is 0 Å². The van der Waals surface area contributed by atoms with Gasteiger partial charge in [0.2, 0.25) is 5.91 Å². The van der Waals surface area contributed by atoms with E-state index in [2.05, 4.69) is 10.6 Å². The highest BCUT2D eigenvalue weighted by atomic mass is 16.2. The van der Waals surface area contributed by atoms with Crippen molar-refractivity contribution < 1.29 is 24.0 Å². The van der Waals surface area contributed by atoms with E-state index in [0.717, 1.165) is 10.5 Å². The number of urea groups is 1. The van der Waals surface area contributed by atoms with E-state index in [9.17, 15) is 24.0 Å². The van der Waals surface area contributed by atoms with Crippen LogP contribution in [0.2, 0.25) is 0 Å². The van der Waals surface area contributed by atoms with Gasteiger partial charge in [-0.25, -0.2) is 9.69 Å². The Bertz CT molecular complexity index is 1310. The Morgan fingerprint density at radius 1 is 0.778 bits per heavy atom. The van der Waals surface area contributed by atoms with Gasteiger partial charge in [0.1, 0.15) is 6.54 Å². The van der Waals surface area contributed by atoms with E-state index in [1.807, 2.05) is 37.3 Å². The van der Waals surface area contributed by atoms with Crippen LogP contribution in [0.15, 0.2) is 84.9 Å². The van der Waals surface area contributed by atoms with E-state index in [1.54, 1.807) is 54.6 Å². The quantitative estimate of drug-likeness (QED) is 0.377.